The van der Waals surface area contributed by atoms with Crippen LogP contribution in [0.1, 0.15) is 25.0 Å². The molecule has 122 valence electrons. The molecule has 0 saturated carbocycles. The van der Waals surface area contributed by atoms with E-state index in [1.54, 1.807) is 38.1 Å². The van der Waals surface area contributed by atoms with Crippen molar-refractivity contribution in [1.82, 2.24) is 4.90 Å². The summed E-state index contributed by atoms with van der Waals surface area (Å²) in [6.07, 6.45) is -0.901. The Hall–Kier alpha value is -2.35. The number of benzene rings is 1. The number of rotatable bonds is 3. The molecule has 0 aliphatic carbocycles. The Morgan fingerprint density at radius 2 is 2.04 bits per heavy atom. The van der Waals surface area contributed by atoms with Crippen LogP contribution in [0.5, 0.6) is 0 Å². The molecule has 0 spiro atoms. The second-order valence-corrected chi connectivity index (χ2v) is 6.07. The number of Topliss-reactive ketones (excluding diaryl/α,β-unsaturated/α-hetero) is 1. The number of carbonyl (C=O) groups excluding carboxylic acids is 3. The monoisotopic (exact) mass is 335 g/mol. The molecule has 1 saturated heterocycles. The third kappa shape index (κ3) is 2.59. The molecule has 23 heavy (non-hydrogen) atoms. The van der Waals surface area contributed by atoms with Gasteiger partial charge in [-0.05, 0) is 31.9 Å². The van der Waals surface area contributed by atoms with Gasteiger partial charge in [0.1, 0.15) is 0 Å². The van der Waals surface area contributed by atoms with Gasteiger partial charge in [-0.15, -0.1) is 0 Å². The van der Waals surface area contributed by atoms with Gasteiger partial charge < -0.3 is 10.6 Å². The van der Waals surface area contributed by atoms with Crippen LogP contribution in [0.25, 0.3) is 0 Å². The molecule has 1 fully saturated rings. The molecule has 1 unspecified atom stereocenters. The number of carbonyl (C=O) groups is 3. The van der Waals surface area contributed by atoms with Crippen molar-refractivity contribution in [1.29, 1.82) is 0 Å². The molecule has 1 aliphatic rings. The van der Waals surface area contributed by atoms with Gasteiger partial charge in [0.2, 0.25) is 0 Å². The molecule has 2 N–H and O–H groups in total. The summed E-state index contributed by atoms with van der Waals surface area (Å²) in [5.41, 5.74) is 1.29. The number of amides is 2. The first-order valence-electron chi connectivity index (χ1n) is 6.95. The van der Waals surface area contributed by atoms with E-state index in [-0.39, 0.29) is 11.7 Å². The predicted octanol–water partition coefficient (Wildman–Crippen LogP) is 1.74. The van der Waals surface area contributed by atoms with E-state index in [2.05, 4.69) is 5.10 Å². The van der Waals surface area contributed by atoms with E-state index in [4.69, 9.17) is 10.6 Å². The summed E-state index contributed by atoms with van der Waals surface area (Å²) >= 11 is 0.855. The predicted molar refractivity (Wildman–Crippen MR) is 86.6 cm³/mol. The van der Waals surface area contributed by atoms with E-state index in [1.165, 1.54) is 6.92 Å². The van der Waals surface area contributed by atoms with Crippen LogP contribution >= 0.6 is 11.8 Å². The van der Waals surface area contributed by atoms with Gasteiger partial charge in [-0.3, -0.25) is 9.59 Å². The third-order valence-corrected chi connectivity index (χ3v) is 4.96. The number of nitrogens with zero attached hydrogens (tertiary/aromatic N) is 2. The van der Waals surface area contributed by atoms with Crippen LogP contribution in [0, 0.1) is 6.92 Å². The van der Waals surface area contributed by atoms with Gasteiger partial charge in [0.05, 0.1) is 6.61 Å². The van der Waals surface area contributed by atoms with E-state index < -0.39 is 22.7 Å². The van der Waals surface area contributed by atoms with Crippen molar-refractivity contribution in [3.8, 4) is 0 Å². The highest BCUT2D eigenvalue weighted by Crippen LogP contribution is 2.48. The molecular weight excluding hydrogens is 318 g/mol. The van der Waals surface area contributed by atoms with Crippen LogP contribution in [0.3, 0.4) is 0 Å². The fourth-order valence-electron chi connectivity index (χ4n) is 2.50. The van der Waals surface area contributed by atoms with Crippen molar-refractivity contribution < 1.29 is 19.1 Å². The number of nitrogens with two attached hydrogens (primary N) is 1. The van der Waals surface area contributed by atoms with Gasteiger partial charge in [0.15, 0.2) is 15.7 Å². The summed E-state index contributed by atoms with van der Waals surface area (Å²) in [5.74, 6) is 4.12. The van der Waals surface area contributed by atoms with E-state index in [9.17, 15) is 14.4 Å². The van der Waals surface area contributed by atoms with E-state index in [0.29, 0.717) is 5.56 Å². The van der Waals surface area contributed by atoms with E-state index in [0.717, 1.165) is 22.2 Å². The van der Waals surface area contributed by atoms with Gasteiger partial charge in [0.25, 0.3) is 5.91 Å². The van der Waals surface area contributed by atoms with E-state index >= 15 is 0 Å². The Balaban J connectivity index is 2.73. The van der Waals surface area contributed by atoms with Crippen molar-refractivity contribution in [2.24, 2.45) is 10.9 Å². The first-order valence-corrected chi connectivity index (χ1v) is 7.77. The van der Waals surface area contributed by atoms with Gasteiger partial charge in [-0.2, -0.15) is 5.10 Å². The number of hydrogen-bond acceptors (Lipinski definition) is 7. The van der Waals surface area contributed by atoms with Gasteiger partial charge in [-0.25, -0.2) is 9.69 Å². The molecule has 1 aliphatic heterocycles. The zero-order chi connectivity index (χ0) is 17.2. The minimum atomic E-state index is -1.56. The lowest BCUT2D eigenvalue weighted by atomic mass is 9.96. The van der Waals surface area contributed by atoms with Crippen molar-refractivity contribution in [3.05, 3.63) is 35.4 Å². The Bertz CT molecular complexity index is 704. The Morgan fingerprint density at radius 1 is 1.39 bits per heavy atom. The summed E-state index contributed by atoms with van der Waals surface area (Å²) in [5, 5.41) is 3.31. The molecule has 2 rings (SSSR count). The molecule has 0 radical (unpaired) electrons. The molecule has 1 aromatic rings. The average Bonchev–Trinajstić information content (AvgIpc) is 2.81. The minimum Gasteiger partial charge on any atom is -0.449 e. The second kappa shape index (κ2) is 6.41. The molecule has 1 aromatic carbocycles. The van der Waals surface area contributed by atoms with Gasteiger partial charge >= 0.3 is 6.09 Å². The van der Waals surface area contributed by atoms with Gasteiger partial charge in [-0.1, -0.05) is 36.0 Å². The fourth-order valence-corrected chi connectivity index (χ4v) is 3.74. The molecule has 0 aromatic heterocycles. The molecule has 1 atom stereocenters. The quantitative estimate of drug-likeness (QED) is 0.667. The molecule has 0 bridgehead atoms. The number of ether oxygens (including phenoxy) is 1. The van der Waals surface area contributed by atoms with Crippen LogP contribution in [0.2, 0.25) is 0 Å². The number of ketones is 1. The zero-order valence-electron chi connectivity index (χ0n) is 13.0. The lowest BCUT2D eigenvalue weighted by Gasteiger charge is -2.33. The summed E-state index contributed by atoms with van der Waals surface area (Å²) in [7, 11) is 0. The summed E-state index contributed by atoms with van der Waals surface area (Å²) < 4.78 is 4.96. The third-order valence-electron chi connectivity index (χ3n) is 3.50. The number of hydrogen-bond donors (Lipinski definition) is 1. The lowest BCUT2D eigenvalue weighted by molar-refractivity contribution is -0.133. The Morgan fingerprint density at radius 3 is 2.57 bits per heavy atom. The molecular formula is C15H17N3O4S. The largest absolute Gasteiger partial charge is 0.449 e. The maximum absolute atomic E-state index is 12.5. The highest BCUT2D eigenvalue weighted by molar-refractivity contribution is 8.17. The summed E-state index contributed by atoms with van der Waals surface area (Å²) in [4.78, 5) is 36.6. The first-order chi connectivity index (χ1) is 10.9. The maximum atomic E-state index is 12.5. The molecule has 1 heterocycles. The summed E-state index contributed by atoms with van der Waals surface area (Å²) in [6.45, 7) is 4.81. The minimum absolute atomic E-state index is 0.0735. The number of imide groups is 1. The van der Waals surface area contributed by atoms with Crippen molar-refractivity contribution in [2.45, 2.75) is 25.6 Å². The summed E-state index contributed by atoms with van der Waals surface area (Å²) in [6, 6.07) is 7.04. The van der Waals surface area contributed by atoms with Crippen LogP contribution in [-0.2, 0) is 19.2 Å². The maximum Gasteiger partial charge on any atom is 0.418 e. The van der Waals surface area contributed by atoms with Crippen molar-refractivity contribution in [2.75, 3.05) is 6.61 Å². The van der Waals surface area contributed by atoms with Crippen LogP contribution in [0.15, 0.2) is 29.4 Å². The van der Waals surface area contributed by atoms with Crippen molar-refractivity contribution >= 4 is 34.6 Å². The molecule has 2 amide bonds. The van der Waals surface area contributed by atoms with E-state index in [1.807, 2.05) is 0 Å². The SMILES string of the molecule is CCOC(=O)N1C(=O)C(=NN)SC1(C(C)=O)c1ccccc1C. The van der Waals surface area contributed by atoms with Crippen LogP contribution in [-0.4, -0.2) is 34.3 Å². The number of hydrazone groups is 1. The highest BCUT2D eigenvalue weighted by atomic mass is 32.2. The average molecular weight is 335 g/mol. The highest BCUT2D eigenvalue weighted by Gasteiger charge is 2.59. The fraction of sp³-hybridized carbons (Fsp3) is 0.333. The van der Waals surface area contributed by atoms with Crippen LogP contribution in [0.4, 0.5) is 4.79 Å². The Labute approximate surface area is 137 Å². The van der Waals surface area contributed by atoms with Crippen LogP contribution < -0.4 is 5.84 Å². The smallest absolute Gasteiger partial charge is 0.418 e. The van der Waals surface area contributed by atoms with Crippen molar-refractivity contribution in [3.63, 3.8) is 0 Å². The lowest BCUT2D eigenvalue weighted by Crippen LogP contribution is -2.51. The topological polar surface area (TPSA) is 102 Å². The molecule has 8 heteroatoms. The number of aryl methyl sites for hydroxylation is 1. The second-order valence-electron chi connectivity index (χ2n) is 4.89. The van der Waals surface area contributed by atoms with Gasteiger partial charge in [0, 0.05) is 0 Å². The molecule has 7 nitrogen and oxygen atoms in total. The normalized spacial score (nSPS) is 22.5. The zero-order valence-corrected chi connectivity index (χ0v) is 13.8. The number of thioether (sulfide) groups is 1. The first kappa shape index (κ1) is 17.0. The Kier molecular flexibility index (Phi) is 4.74. The standard InChI is InChI=1S/C15H17N3O4S/c1-4-22-14(21)18-13(20)12(17-16)23-15(18,10(3)19)11-8-6-5-7-9(11)2/h5-8H,4,16H2,1-3H3.